The predicted molar refractivity (Wildman–Crippen MR) is 84.8 cm³/mol. The Morgan fingerprint density at radius 3 is 2.76 bits per heavy atom. The molecule has 0 aliphatic rings. The van der Waals surface area contributed by atoms with Gasteiger partial charge in [-0.15, -0.1) is 0 Å². The van der Waals surface area contributed by atoms with Crippen molar-refractivity contribution in [1.29, 1.82) is 0 Å². The Hall–Kier alpha value is -2.07. The highest BCUT2D eigenvalue weighted by molar-refractivity contribution is 6.31. The lowest BCUT2D eigenvalue weighted by Crippen LogP contribution is -2.01. The van der Waals surface area contributed by atoms with Crippen LogP contribution in [0, 0.1) is 5.82 Å². The van der Waals surface area contributed by atoms with E-state index >= 15 is 0 Å². The van der Waals surface area contributed by atoms with Crippen LogP contribution in [0.3, 0.4) is 0 Å². The van der Waals surface area contributed by atoms with Gasteiger partial charge in [-0.3, -0.25) is 0 Å². The molecule has 3 aromatic rings. The SMILES string of the molecule is CCCn1c(-c2ccc(Cl)cc2N)nc2cc(F)ccc21. The van der Waals surface area contributed by atoms with Crippen LogP contribution >= 0.6 is 11.6 Å². The quantitative estimate of drug-likeness (QED) is 0.725. The molecule has 0 saturated heterocycles. The number of hydrogen-bond donors (Lipinski definition) is 1. The lowest BCUT2D eigenvalue weighted by Gasteiger charge is -2.10. The summed E-state index contributed by atoms with van der Waals surface area (Å²) in [5.41, 5.74) is 8.97. The normalized spacial score (nSPS) is 11.2. The number of hydrogen-bond acceptors (Lipinski definition) is 2. The number of imidazole rings is 1. The van der Waals surface area contributed by atoms with Gasteiger partial charge in [0, 0.05) is 28.9 Å². The van der Waals surface area contributed by atoms with Gasteiger partial charge in [-0.2, -0.15) is 0 Å². The largest absolute Gasteiger partial charge is 0.398 e. The van der Waals surface area contributed by atoms with Crippen LogP contribution in [0.15, 0.2) is 36.4 Å². The maximum Gasteiger partial charge on any atom is 0.143 e. The van der Waals surface area contributed by atoms with Gasteiger partial charge in [-0.1, -0.05) is 18.5 Å². The van der Waals surface area contributed by atoms with Crippen molar-refractivity contribution in [2.45, 2.75) is 19.9 Å². The van der Waals surface area contributed by atoms with Crippen LogP contribution in [-0.4, -0.2) is 9.55 Å². The third kappa shape index (κ3) is 2.47. The Morgan fingerprint density at radius 2 is 2.05 bits per heavy atom. The van der Waals surface area contributed by atoms with E-state index in [4.69, 9.17) is 17.3 Å². The Labute approximate surface area is 127 Å². The molecule has 0 bridgehead atoms. The van der Waals surface area contributed by atoms with Crippen molar-refractivity contribution < 1.29 is 4.39 Å². The van der Waals surface area contributed by atoms with E-state index in [0.29, 0.717) is 16.2 Å². The van der Waals surface area contributed by atoms with Crippen LogP contribution in [0.5, 0.6) is 0 Å². The molecular formula is C16H15ClFN3. The number of nitrogen functional groups attached to an aromatic ring is 1. The molecule has 0 aliphatic carbocycles. The van der Waals surface area contributed by atoms with Crippen LogP contribution in [0.2, 0.25) is 5.02 Å². The summed E-state index contributed by atoms with van der Waals surface area (Å²) in [5.74, 6) is 0.450. The summed E-state index contributed by atoms with van der Waals surface area (Å²) >= 11 is 5.95. The Kier molecular flexibility index (Phi) is 3.55. The smallest absolute Gasteiger partial charge is 0.143 e. The lowest BCUT2D eigenvalue weighted by atomic mass is 10.1. The van der Waals surface area contributed by atoms with E-state index in [9.17, 15) is 4.39 Å². The van der Waals surface area contributed by atoms with Crippen LogP contribution in [0.1, 0.15) is 13.3 Å². The van der Waals surface area contributed by atoms with Gasteiger partial charge in [0.2, 0.25) is 0 Å². The fourth-order valence-corrected chi connectivity index (χ4v) is 2.68. The first-order valence-electron chi connectivity index (χ1n) is 6.81. The van der Waals surface area contributed by atoms with Crippen molar-refractivity contribution in [2.75, 3.05) is 5.73 Å². The number of rotatable bonds is 3. The Morgan fingerprint density at radius 1 is 1.24 bits per heavy atom. The molecule has 0 saturated carbocycles. The molecule has 0 aliphatic heterocycles. The first-order chi connectivity index (χ1) is 10.1. The molecule has 21 heavy (non-hydrogen) atoms. The maximum atomic E-state index is 13.4. The highest BCUT2D eigenvalue weighted by Crippen LogP contribution is 2.31. The van der Waals surface area contributed by atoms with Gasteiger partial charge in [0.15, 0.2) is 0 Å². The summed E-state index contributed by atoms with van der Waals surface area (Å²) in [6, 6.07) is 9.98. The minimum Gasteiger partial charge on any atom is -0.398 e. The van der Waals surface area contributed by atoms with Crippen molar-refractivity contribution in [3.8, 4) is 11.4 Å². The van der Waals surface area contributed by atoms with Crippen LogP contribution < -0.4 is 5.73 Å². The number of halogens is 2. The molecule has 0 fully saturated rings. The number of benzene rings is 2. The summed E-state index contributed by atoms with van der Waals surface area (Å²) in [5, 5.41) is 0.584. The standard InChI is InChI=1S/C16H15ClFN3/c1-2-7-21-15-6-4-11(18)9-14(15)20-16(21)12-5-3-10(17)8-13(12)19/h3-6,8-9H,2,7,19H2,1H3. The molecule has 0 amide bonds. The number of nitrogens with two attached hydrogens (primary N) is 1. The van der Waals surface area contributed by atoms with Gasteiger partial charge in [-0.25, -0.2) is 9.37 Å². The molecule has 5 heteroatoms. The molecule has 3 rings (SSSR count). The minimum absolute atomic E-state index is 0.292. The summed E-state index contributed by atoms with van der Waals surface area (Å²) in [7, 11) is 0. The van der Waals surface area contributed by atoms with E-state index in [1.807, 2.05) is 6.07 Å². The zero-order valence-corrected chi connectivity index (χ0v) is 12.4. The molecule has 0 unspecified atom stereocenters. The number of nitrogens with zero attached hydrogens (tertiary/aromatic N) is 2. The highest BCUT2D eigenvalue weighted by Gasteiger charge is 2.15. The molecule has 3 nitrogen and oxygen atoms in total. The zero-order valence-electron chi connectivity index (χ0n) is 11.6. The van der Waals surface area contributed by atoms with Crippen molar-refractivity contribution in [3.63, 3.8) is 0 Å². The molecule has 1 heterocycles. The molecular weight excluding hydrogens is 289 g/mol. The second-order valence-electron chi connectivity index (χ2n) is 4.95. The molecule has 1 aromatic heterocycles. The Bertz CT molecular complexity index is 811. The van der Waals surface area contributed by atoms with Crippen molar-refractivity contribution in [1.82, 2.24) is 9.55 Å². The lowest BCUT2D eigenvalue weighted by molar-refractivity contribution is 0.629. The third-order valence-electron chi connectivity index (χ3n) is 3.41. The number of aryl methyl sites for hydroxylation is 1. The summed E-state index contributed by atoms with van der Waals surface area (Å²) < 4.78 is 15.5. The minimum atomic E-state index is -0.292. The maximum absolute atomic E-state index is 13.4. The molecule has 108 valence electrons. The van der Waals surface area contributed by atoms with Gasteiger partial charge in [0.05, 0.1) is 11.0 Å². The van der Waals surface area contributed by atoms with E-state index in [-0.39, 0.29) is 5.82 Å². The van der Waals surface area contributed by atoms with Crippen LogP contribution in [0.4, 0.5) is 10.1 Å². The third-order valence-corrected chi connectivity index (χ3v) is 3.65. The molecule has 0 radical (unpaired) electrons. The highest BCUT2D eigenvalue weighted by atomic mass is 35.5. The monoisotopic (exact) mass is 303 g/mol. The Balaban J connectivity index is 2.27. The summed E-state index contributed by atoms with van der Waals surface area (Å²) in [6.45, 7) is 2.88. The van der Waals surface area contributed by atoms with Gasteiger partial charge < -0.3 is 10.3 Å². The number of aromatic nitrogens is 2. The van der Waals surface area contributed by atoms with Gasteiger partial charge >= 0.3 is 0 Å². The van der Waals surface area contributed by atoms with E-state index in [2.05, 4.69) is 16.5 Å². The average molecular weight is 304 g/mol. The van der Waals surface area contributed by atoms with E-state index in [1.165, 1.54) is 12.1 Å². The zero-order chi connectivity index (χ0) is 15.0. The first kappa shape index (κ1) is 13.9. The van der Waals surface area contributed by atoms with Crippen molar-refractivity contribution in [3.05, 3.63) is 47.2 Å². The predicted octanol–water partition coefficient (Wildman–Crippen LogP) is 4.49. The summed E-state index contributed by atoms with van der Waals surface area (Å²) in [4.78, 5) is 4.55. The molecule has 2 N–H and O–H groups in total. The molecule has 0 atom stereocenters. The fourth-order valence-electron chi connectivity index (χ4n) is 2.50. The molecule has 0 spiro atoms. The van der Waals surface area contributed by atoms with Crippen LogP contribution in [0.25, 0.3) is 22.4 Å². The van der Waals surface area contributed by atoms with Gasteiger partial charge in [0.25, 0.3) is 0 Å². The van der Waals surface area contributed by atoms with Gasteiger partial charge in [0.1, 0.15) is 11.6 Å². The van der Waals surface area contributed by atoms with Crippen molar-refractivity contribution in [2.24, 2.45) is 0 Å². The summed E-state index contributed by atoms with van der Waals surface area (Å²) in [6.07, 6.45) is 0.948. The van der Waals surface area contributed by atoms with Crippen LogP contribution in [-0.2, 0) is 6.54 Å². The molecule has 2 aromatic carbocycles. The van der Waals surface area contributed by atoms with Crippen molar-refractivity contribution >= 4 is 28.3 Å². The topological polar surface area (TPSA) is 43.8 Å². The van der Waals surface area contributed by atoms with E-state index < -0.39 is 0 Å². The van der Waals surface area contributed by atoms with E-state index in [1.54, 1.807) is 18.2 Å². The van der Waals surface area contributed by atoms with Gasteiger partial charge in [-0.05, 0) is 36.8 Å². The number of fused-ring (bicyclic) bond motifs is 1. The first-order valence-corrected chi connectivity index (χ1v) is 7.19. The fraction of sp³-hybridized carbons (Fsp3) is 0.188. The average Bonchev–Trinajstić information content (AvgIpc) is 2.77. The van der Waals surface area contributed by atoms with E-state index in [0.717, 1.165) is 29.9 Å². The second-order valence-corrected chi connectivity index (χ2v) is 5.39. The second kappa shape index (κ2) is 5.37. The number of anilines is 1.